The third-order valence-corrected chi connectivity index (χ3v) is 5.60. The Bertz CT molecular complexity index is 743. The van der Waals surface area contributed by atoms with Crippen LogP contribution in [0.15, 0.2) is 36.5 Å². The van der Waals surface area contributed by atoms with Crippen LogP contribution in [0, 0.1) is 6.92 Å². The third-order valence-electron chi connectivity index (χ3n) is 4.65. The van der Waals surface area contributed by atoms with Crippen molar-refractivity contribution in [1.29, 1.82) is 0 Å². The van der Waals surface area contributed by atoms with E-state index in [0.29, 0.717) is 5.69 Å². The summed E-state index contributed by atoms with van der Waals surface area (Å²) in [5, 5.41) is 12.1. The van der Waals surface area contributed by atoms with Gasteiger partial charge in [0, 0.05) is 43.0 Å². The van der Waals surface area contributed by atoms with Crippen molar-refractivity contribution >= 4 is 23.4 Å². The van der Waals surface area contributed by atoms with E-state index >= 15 is 0 Å². The summed E-state index contributed by atoms with van der Waals surface area (Å²) in [6, 6.07) is 9.72. The summed E-state index contributed by atoms with van der Waals surface area (Å²) in [4.78, 5) is 19.0. The monoisotopic (exact) mass is 371 g/mol. The number of aliphatic hydroxyl groups is 1. The highest BCUT2D eigenvalue weighted by molar-refractivity contribution is 7.99. The van der Waals surface area contributed by atoms with E-state index in [0.717, 1.165) is 29.8 Å². The highest BCUT2D eigenvalue weighted by Gasteiger charge is 2.11. The largest absolute Gasteiger partial charge is 0.392 e. The van der Waals surface area contributed by atoms with Crippen molar-refractivity contribution in [2.24, 2.45) is 0 Å². The molecule has 5 nitrogen and oxygen atoms in total. The van der Waals surface area contributed by atoms with Crippen molar-refractivity contribution in [3.63, 3.8) is 0 Å². The zero-order valence-corrected chi connectivity index (χ0v) is 15.9. The summed E-state index contributed by atoms with van der Waals surface area (Å²) < 4.78 is 0. The average molecular weight is 372 g/mol. The predicted octanol–water partition coefficient (Wildman–Crippen LogP) is 2.73. The summed E-state index contributed by atoms with van der Waals surface area (Å²) in [7, 11) is 0. The molecule has 2 aromatic rings. The van der Waals surface area contributed by atoms with E-state index in [9.17, 15) is 9.90 Å². The van der Waals surface area contributed by atoms with Crippen LogP contribution in [0.25, 0.3) is 0 Å². The molecule has 0 unspecified atom stereocenters. The van der Waals surface area contributed by atoms with Crippen LogP contribution in [0.3, 0.4) is 0 Å². The second-order valence-electron chi connectivity index (χ2n) is 6.51. The van der Waals surface area contributed by atoms with Crippen molar-refractivity contribution in [1.82, 2.24) is 9.88 Å². The van der Waals surface area contributed by atoms with Gasteiger partial charge in [-0.05, 0) is 48.2 Å². The van der Waals surface area contributed by atoms with E-state index in [2.05, 4.69) is 27.3 Å². The lowest BCUT2D eigenvalue weighted by Crippen LogP contribution is -2.34. The molecule has 1 saturated heterocycles. The molecular weight excluding hydrogens is 346 g/mol. The summed E-state index contributed by atoms with van der Waals surface area (Å²) in [5.41, 5.74) is 3.99. The molecule has 2 heterocycles. The molecule has 1 aromatic carbocycles. The van der Waals surface area contributed by atoms with Crippen LogP contribution in [0.5, 0.6) is 0 Å². The molecule has 0 spiro atoms. The first-order valence-corrected chi connectivity index (χ1v) is 10.1. The van der Waals surface area contributed by atoms with Crippen LogP contribution < -0.4 is 5.32 Å². The number of benzene rings is 1. The topological polar surface area (TPSA) is 65.5 Å². The number of aromatic nitrogens is 1. The third kappa shape index (κ3) is 5.06. The number of rotatable bonds is 6. The number of nitrogens with one attached hydrogen (secondary N) is 1. The summed E-state index contributed by atoms with van der Waals surface area (Å²) in [6.07, 6.45) is 2.58. The summed E-state index contributed by atoms with van der Waals surface area (Å²) in [5.74, 6) is 2.23. The van der Waals surface area contributed by atoms with Crippen molar-refractivity contribution < 1.29 is 9.90 Å². The van der Waals surface area contributed by atoms with Gasteiger partial charge < -0.3 is 15.3 Å². The maximum Gasteiger partial charge on any atom is 0.274 e. The van der Waals surface area contributed by atoms with Gasteiger partial charge in [-0.2, -0.15) is 11.8 Å². The van der Waals surface area contributed by atoms with Crippen LogP contribution in [0.2, 0.25) is 0 Å². The van der Waals surface area contributed by atoms with Gasteiger partial charge in [0.05, 0.1) is 6.61 Å². The van der Waals surface area contributed by atoms with Crippen LogP contribution >= 0.6 is 11.8 Å². The molecule has 2 N–H and O–H groups in total. The van der Waals surface area contributed by atoms with E-state index in [1.54, 1.807) is 12.3 Å². The number of aryl methyl sites for hydroxylation is 1. The van der Waals surface area contributed by atoms with Gasteiger partial charge in [0.25, 0.3) is 5.91 Å². The first-order valence-electron chi connectivity index (χ1n) is 8.92. The molecule has 1 aliphatic heterocycles. The molecule has 0 bridgehead atoms. The standard InChI is InChI=1S/C20H25N3O2S/c1-15-12-19(21-13-17(15)14-24)20(25)22-18-4-2-16(3-5-18)6-7-23-8-10-26-11-9-23/h2-5,12-13,24H,6-11,14H2,1H3,(H,22,25). The molecule has 0 radical (unpaired) electrons. The Morgan fingerprint density at radius 1 is 1.27 bits per heavy atom. The van der Waals surface area contributed by atoms with E-state index < -0.39 is 0 Å². The summed E-state index contributed by atoms with van der Waals surface area (Å²) in [6.45, 7) is 5.24. The fraction of sp³-hybridized carbons (Fsp3) is 0.400. The zero-order chi connectivity index (χ0) is 18.4. The SMILES string of the molecule is Cc1cc(C(=O)Nc2ccc(CCN3CCSCC3)cc2)ncc1CO. The lowest BCUT2D eigenvalue weighted by atomic mass is 10.1. The zero-order valence-electron chi connectivity index (χ0n) is 15.1. The lowest BCUT2D eigenvalue weighted by molar-refractivity contribution is 0.102. The maximum atomic E-state index is 12.3. The van der Waals surface area contributed by atoms with Crippen LogP contribution in [-0.4, -0.2) is 52.0 Å². The van der Waals surface area contributed by atoms with Crippen molar-refractivity contribution in [2.75, 3.05) is 36.5 Å². The van der Waals surface area contributed by atoms with E-state index in [-0.39, 0.29) is 12.5 Å². The number of carbonyl (C=O) groups excluding carboxylic acids is 1. The molecule has 1 amide bonds. The van der Waals surface area contributed by atoms with Gasteiger partial charge in [-0.3, -0.25) is 9.78 Å². The van der Waals surface area contributed by atoms with Gasteiger partial charge in [0.1, 0.15) is 5.69 Å². The Kier molecular flexibility index (Phi) is 6.66. The molecule has 26 heavy (non-hydrogen) atoms. The van der Waals surface area contributed by atoms with Gasteiger partial charge >= 0.3 is 0 Å². The van der Waals surface area contributed by atoms with Crippen LogP contribution in [0.1, 0.15) is 27.2 Å². The molecule has 0 aliphatic carbocycles. The van der Waals surface area contributed by atoms with Gasteiger partial charge in [-0.15, -0.1) is 0 Å². The Morgan fingerprint density at radius 2 is 2.00 bits per heavy atom. The maximum absolute atomic E-state index is 12.3. The molecule has 0 atom stereocenters. The Hall–Kier alpha value is -1.89. The molecule has 1 fully saturated rings. The van der Waals surface area contributed by atoms with Crippen molar-refractivity contribution in [3.8, 4) is 0 Å². The first-order chi connectivity index (χ1) is 12.7. The Labute approximate surface area is 158 Å². The number of anilines is 1. The second kappa shape index (κ2) is 9.16. The molecule has 1 aliphatic rings. The Balaban J connectivity index is 1.54. The van der Waals surface area contributed by atoms with E-state index in [1.807, 2.05) is 30.8 Å². The summed E-state index contributed by atoms with van der Waals surface area (Å²) >= 11 is 2.03. The van der Waals surface area contributed by atoms with Crippen LogP contribution in [-0.2, 0) is 13.0 Å². The minimum absolute atomic E-state index is 0.0710. The first kappa shape index (κ1) is 18.9. The lowest BCUT2D eigenvalue weighted by Gasteiger charge is -2.26. The fourth-order valence-electron chi connectivity index (χ4n) is 2.94. The number of nitrogens with zero attached hydrogens (tertiary/aromatic N) is 2. The predicted molar refractivity (Wildman–Crippen MR) is 107 cm³/mol. The second-order valence-corrected chi connectivity index (χ2v) is 7.73. The highest BCUT2D eigenvalue weighted by atomic mass is 32.2. The number of hydrogen-bond donors (Lipinski definition) is 2. The quantitative estimate of drug-likeness (QED) is 0.817. The van der Waals surface area contributed by atoms with Crippen molar-refractivity contribution in [2.45, 2.75) is 20.0 Å². The van der Waals surface area contributed by atoms with E-state index in [1.165, 1.54) is 30.2 Å². The Morgan fingerprint density at radius 3 is 2.65 bits per heavy atom. The molecule has 6 heteroatoms. The normalized spacial score (nSPS) is 15.0. The molecular formula is C20H25N3O2S. The van der Waals surface area contributed by atoms with Crippen molar-refractivity contribution in [3.05, 3.63) is 58.9 Å². The highest BCUT2D eigenvalue weighted by Crippen LogP contribution is 2.14. The smallest absolute Gasteiger partial charge is 0.274 e. The number of amides is 1. The van der Waals surface area contributed by atoms with Gasteiger partial charge in [-0.1, -0.05) is 12.1 Å². The number of thioether (sulfide) groups is 1. The number of pyridine rings is 1. The minimum atomic E-state index is -0.240. The van der Waals surface area contributed by atoms with Crippen LogP contribution in [0.4, 0.5) is 5.69 Å². The molecule has 0 saturated carbocycles. The fourth-order valence-corrected chi connectivity index (χ4v) is 3.91. The minimum Gasteiger partial charge on any atom is -0.392 e. The number of hydrogen-bond acceptors (Lipinski definition) is 5. The molecule has 138 valence electrons. The average Bonchev–Trinajstić information content (AvgIpc) is 2.68. The molecule has 1 aromatic heterocycles. The number of carbonyl (C=O) groups is 1. The van der Waals surface area contributed by atoms with Gasteiger partial charge in [-0.25, -0.2) is 0 Å². The van der Waals surface area contributed by atoms with Gasteiger partial charge in [0.2, 0.25) is 0 Å². The molecule has 3 rings (SSSR count). The number of aliphatic hydroxyl groups excluding tert-OH is 1. The van der Waals surface area contributed by atoms with E-state index in [4.69, 9.17) is 0 Å². The van der Waals surface area contributed by atoms with Gasteiger partial charge in [0.15, 0.2) is 0 Å².